The highest BCUT2D eigenvalue weighted by molar-refractivity contribution is 5.86. The van der Waals surface area contributed by atoms with Crippen molar-refractivity contribution >= 4 is 16.7 Å². The molecule has 0 saturated heterocycles. The normalized spacial score (nSPS) is 21.5. The van der Waals surface area contributed by atoms with Gasteiger partial charge >= 0.3 is 6.18 Å². The van der Waals surface area contributed by atoms with Crippen LogP contribution in [-0.4, -0.2) is 45.2 Å². The van der Waals surface area contributed by atoms with Crippen LogP contribution in [0.15, 0.2) is 23.0 Å². The molecule has 10 heteroatoms. The molecule has 0 spiro atoms. The number of halogens is 3. The molecule has 1 saturated carbocycles. The summed E-state index contributed by atoms with van der Waals surface area (Å²) in [6.07, 6.45) is -3.59. The number of hydrogen-bond acceptors (Lipinski definition) is 5. The summed E-state index contributed by atoms with van der Waals surface area (Å²) in [5.41, 5.74) is -0.832. The van der Waals surface area contributed by atoms with Crippen LogP contribution in [0, 0.1) is 0 Å². The number of carbonyl (C=O) groups excluding carboxylic acids is 1. The van der Waals surface area contributed by atoms with Crippen molar-refractivity contribution in [3.8, 4) is 5.75 Å². The summed E-state index contributed by atoms with van der Waals surface area (Å²) in [5, 5.41) is 17.4. The van der Waals surface area contributed by atoms with Crippen LogP contribution in [0.25, 0.3) is 10.8 Å². The zero-order valence-electron chi connectivity index (χ0n) is 16.9. The maximum Gasteiger partial charge on any atom is 0.422 e. The van der Waals surface area contributed by atoms with E-state index in [0.717, 1.165) is 4.68 Å². The standard InChI is InChI=1S/C20H24F3N3O4/c1-11(2)17-15-6-13(30-10-20(21,22)23)4-5-14(15)18(28)26(25-17)9-16(27)24-12-7-19(3,29)8-12/h4-6,11-12,29H,7-10H2,1-3H3,(H,24,27). The van der Waals surface area contributed by atoms with Gasteiger partial charge in [0.15, 0.2) is 6.61 Å². The first kappa shape index (κ1) is 22.1. The quantitative estimate of drug-likeness (QED) is 0.739. The first-order valence-corrected chi connectivity index (χ1v) is 9.61. The van der Waals surface area contributed by atoms with Crippen LogP contribution in [-0.2, 0) is 11.3 Å². The third kappa shape index (κ3) is 5.10. The number of benzene rings is 1. The van der Waals surface area contributed by atoms with Gasteiger partial charge in [0.05, 0.1) is 16.7 Å². The fraction of sp³-hybridized carbons (Fsp3) is 0.550. The Balaban J connectivity index is 1.86. The average Bonchev–Trinajstić information content (AvgIpc) is 2.59. The first-order valence-electron chi connectivity index (χ1n) is 9.61. The van der Waals surface area contributed by atoms with Crippen molar-refractivity contribution in [3.63, 3.8) is 0 Å². The summed E-state index contributed by atoms with van der Waals surface area (Å²) in [4.78, 5) is 25.1. The third-order valence-corrected chi connectivity index (χ3v) is 4.94. The van der Waals surface area contributed by atoms with E-state index in [1.165, 1.54) is 18.2 Å². The smallest absolute Gasteiger partial charge is 0.422 e. The molecule has 2 N–H and O–H groups in total. The molecule has 1 amide bonds. The molecule has 7 nitrogen and oxygen atoms in total. The highest BCUT2D eigenvalue weighted by Gasteiger charge is 2.39. The minimum absolute atomic E-state index is 0.0181. The zero-order chi connectivity index (χ0) is 22.3. The van der Waals surface area contributed by atoms with Crippen molar-refractivity contribution in [1.82, 2.24) is 15.1 Å². The second-order valence-electron chi connectivity index (χ2n) is 8.28. The van der Waals surface area contributed by atoms with Gasteiger partial charge in [-0.2, -0.15) is 18.3 Å². The molecule has 3 rings (SSSR count). The highest BCUT2D eigenvalue weighted by atomic mass is 19.4. The molecule has 0 radical (unpaired) electrons. The Labute approximate surface area is 170 Å². The second kappa shape index (κ2) is 7.90. The van der Waals surface area contributed by atoms with E-state index >= 15 is 0 Å². The first-order chi connectivity index (χ1) is 13.8. The van der Waals surface area contributed by atoms with Crippen LogP contribution in [0.4, 0.5) is 13.2 Å². The minimum Gasteiger partial charge on any atom is -0.484 e. The van der Waals surface area contributed by atoms with Gasteiger partial charge in [0.1, 0.15) is 12.3 Å². The van der Waals surface area contributed by atoms with Gasteiger partial charge in [-0.05, 0) is 43.9 Å². The van der Waals surface area contributed by atoms with Gasteiger partial charge in [0.2, 0.25) is 5.91 Å². The Kier molecular flexibility index (Phi) is 5.81. The van der Waals surface area contributed by atoms with Crippen molar-refractivity contribution in [2.24, 2.45) is 0 Å². The lowest BCUT2D eigenvalue weighted by atomic mass is 9.77. The molecule has 1 aromatic carbocycles. The van der Waals surface area contributed by atoms with Gasteiger partial charge in [0, 0.05) is 11.4 Å². The Morgan fingerprint density at radius 1 is 1.37 bits per heavy atom. The molecule has 1 heterocycles. The topological polar surface area (TPSA) is 93.5 Å². The molecule has 30 heavy (non-hydrogen) atoms. The molecule has 1 fully saturated rings. The summed E-state index contributed by atoms with van der Waals surface area (Å²) in [5.74, 6) is -0.568. The van der Waals surface area contributed by atoms with Crippen LogP contribution in [0.3, 0.4) is 0 Å². The van der Waals surface area contributed by atoms with Gasteiger partial charge in [-0.1, -0.05) is 13.8 Å². The number of rotatable bonds is 6. The summed E-state index contributed by atoms with van der Waals surface area (Å²) in [6.45, 7) is 3.62. The number of alkyl halides is 3. The largest absolute Gasteiger partial charge is 0.484 e. The number of carbonyl (C=O) groups is 1. The van der Waals surface area contributed by atoms with Crippen molar-refractivity contribution < 1.29 is 27.8 Å². The number of amides is 1. The van der Waals surface area contributed by atoms with Crippen molar-refractivity contribution in [2.45, 2.75) is 63.9 Å². The number of fused-ring (bicyclic) bond motifs is 1. The van der Waals surface area contributed by atoms with Gasteiger partial charge in [-0.25, -0.2) is 4.68 Å². The molecule has 0 bridgehead atoms. The molecule has 0 atom stereocenters. The fourth-order valence-corrected chi connectivity index (χ4v) is 3.59. The number of hydrogen-bond donors (Lipinski definition) is 2. The summed E-state index contributed by atoms with van der Waals surface area (Å²) < 4.78 is 43.1. The van der Waals surface area contributed by atoms with Crippen LogP contribution < -0.4 is 15.6 Å². The second-order valence-corrected chi connectivity index (χ2v) is 8.28. The molecule has 0 unspecified atom stereocenters. The molecule has 1 aliphatic rings. The minimum atomic E-state index is -4.47. The summed E-state index contributed by atoms with van der Waals surface area (Å²) in [7, 11) is 0. The predicted octanol–water partition coefficient (Wildman–Crippen LogP) is 2.49. The Morgan fingerprint density at radius 2 is 2.03 bits per heavy atom. The van der Waals surface area contributed by atoms with E-state index < -0.39 is 29.9 Å². The molecule has 2 aromatic rings. The van der Waals surface area contributed by atoms with E-state index in [9.17, 15) is 27.9 Å². The Bertz CT molecular complexity index is 1010. The maximum absolute atomic E-state index is 12.8. The summed E-state index contributed by atoms with van der Waals surface area (Å²) in [6, 6.07) is 3.89. The van der Waals surface area contributed by atoms with E-state index in [-0.39, 0.29) is 29.6 Å². The van der Waals surface area contributed by atoms with Gasteiger partial charge < -0.3 is 15.2 Å². The summed E-state index contributed by atoms with van der Waals surface area (Å²) >= 11 is 0. The van der Waals surface area contributed by atoms with E-state index in [0.29, 0.717) is 23.9 Å². The number of nitrogens with zero attached hydrogens (tertiary/aromatic N) is 2. The van der Waals surface area contributed by atoms with Crippen LogP contribution in [0.1, 0.15) is 45.2 Å². The Hall–Kier alpha value is -2.62. The van der Waals surface area contributed by atoms with E-state index in [1.54, 1.807) is 6.92 Å². The lowest BCUT2D eigenvalue weighted by Crippen LogP contribution is -2.54. The van der Waals surface area contributed by atoms with E-state index in [2.05, 4.69) is 10.4 Å². The lowest BCUT2D eigenvalue weighted by molar-refractivity contribution is -0.153. The van der Waals surface area contributed by atoms with Crippen LogP contribution in [0.5, 0.6) is 5.75 Å². The molecule has 1 aromatic heterocycles. The number of ether oxygens (including phenoxy) is 1. The van der Waals surface area contributed by atoms with Crippen molar-refractivity contribution in [3.05, 3.63) is 34.2 Å². The van der Waals surface area contributed by atoms with E-state index in [1.807, 2.05) is 13.8 Å². The fourth-order valence-electron chi connectivity index (χ4n) is 3.59. The SMILES string of the molecule is CC(C)c1nn(CC(=O)NC2CC(C)(O)C2)c(=O)c2ccc(OCC(F)(F)F)cc12. The van der Waals surface area contributed by atoms with Crippen molar-refractivity contribution in [1.29, 1.82) is 0 Å². The van der Waals surface area contributed by atoms with Gasteiger partial charge in [-0.3, -0.25) is 9.59 Å². The monoisotopic (exact) mass is 427 g/mol. The lowest BCUT2D eigenvalue weighted by Gasteiger charge is -2.41. The molecule has 164 valence electrons. The van der Waals surface area contributed by atoms with Crippen LogP contribution >= 0.6 is 0 Å². The van der Waals surface area contributed by atoms with Gasteiger partial charge in [0.25, 0.3) is 5.56 Å². The number of aromatic nitrogens is 2. The average molecular weight is 427 g/mol. The molecule has 1 aliphatic carbocycles. The zero-order valence-corrected chi connectivity index (χ0v) is 16.9. The van der Waals surface area contributed by atoms with Crippen molar-refractivity contribution in [2.75, 3.05) is 6.61 Å². The molecule has 0 aliphatic heterocycles. The molecular weight excluding hydrogens is 403 g/mol. The number of aliphatic hydroxyl groups is 1. The maximum atomic E-state index is 12.8. The molecular formula is C20H24F3N3O4. The highest BCUT2D eigenvalue weighted by Crippen LogP contribution is 2.31. The Morgan fingerprint density at radius 3 is 2.60 bits per heavy atom. The van der Waals surface area contributed by atoms with Gasteiger partial charge in [-0.15, -0.1) is 0 Å². The van der Waals surface area contributed by atoms with Crippen LogP contribution in [0.2, 0.25) is 0 Å². The third-order valence-electron chi connectivity index (χ3n) is 4.94. The number of nitrogens with one attached hydrogen (secondary N) is 1. The predicted molar refractivity (Wildman–Crippen MR) is 103 cm³/mol. The van der Waals surface area contributed by atoms with E-state index in [4.69, 9.17) is 4.74 Å².